The fourth-order valence-electron chi connectivity index (χ4n) is 1.04. The first kappa shape index (κ1) is 10.4. The van der Waals surface area contributed by atoms with Crippen LogP contribution in [-0.2, 0) is 6.42 Å². The van der Waals surface area contributed by atoms with Crippen molar-refractivity contribution in [1.29, 1.82) is 0 Å². The van der Waals surface area contributed by atoms with Gasteiger partial charge < -0.3 is 0 Å². The van der Waals surface area contributed by atoms with Gasteiger partial charge in [-0.3, -0.25) is 0 Å². The van der Waals surface area contributed by atoms with E-state index < -0.39 is 0 Å². The molecule has 0 aliphatic carbocycles. The van der Waals surface area contributed by atoms with Gasteiger partial charge in [-0.1, -0.05) is 0 Å². The summed E-state index contributed by atoms with van der Waals surface area (Å²) in [5.74, 6) is 0. The first-order valence-corrected chi connectivity index (χ1v) is 6.77. The molecule has 0 aliphatic rings. The predicted octanol–water partition coefficient (Wildman–Crippen LogP) is 2.81. The van der Waals surface area contributed by atoms with E-state index in [0.717, 1.165) is 25.1 Å². The van der Waals surface area contributed by atoms with Crippen LogP contribution in [0.5, 0.6) is 0 Å². The first-order chi connectivity index (χ1) is 6.65. The van der Waals surface area contributed by atoms with Gasteiger partial charge in [0.05, 0.1) is 6.42 Å². The van der Waals surface area contributed by atoms with E-state index in [2.05, 4.69) is 44.7 Å². The fourth-order valence-corrected chi connectivity index (χ4v) is 3.46. The number of nitrogens with zero attached hydrogens (tertiary/aromatic N) is 3. The predicted molar refractivity (Wildman–Crippen MR) is 67.0 cm³/mol. The summed E-state index contributed by atoms with van der Waals surface area (Å²) in [5, 5.41) is 11.3. The van der Waals surface area contributed by atoms with Crippen molar-refractivity contribution in [3.05, 3.63) is 23.6 Å². The molecule has 0 amide bonds. The summed E-state index contributed by atoms with van der Waals surface area (Å²) in [5.41, 5.74) is 0. The molecule has 0 N–H and O–H groups in total. The molecular formula is C8H8IN3S2. The molecule has 2 aromatic rings. The summed E-state index contributed by atoms with van der Waals surface area (Å²) in [4.78, 5) is 5.74. The molecule has 0 atom stereocenters. The van der Waals surface area contributed by atoms with Gasteiger partial charge in [0, 0.05) is 4.88 Å². The summed E-state index contributed by atoms with van der Waals surface area (Å²) in [6.07, 6.45) is 0.819. The minimum atomic E-state index is 0.819. The van der Waals surface area contributed by atoms with Crippen LogP contribution in [0.15, 0.2) is 0 Å². The average molecular weight is 337 g/mol. The molecule has 0 spiro atoms. The van der Waals surface area contributed by atoms with Crippen LogP contribution in [-0.4, -0.2) is 15.2 Å². The maximum absolute atomic E-state index is 4.46. The number of hydrogen-bond acceptors (Lipinski definition) is 5. The van der Waals surface area contributed by atoms with E-state index in [-0.39, 0.29) is 0 Å². The minimum Gasteiger partial charge on any atom is -0.235 e. The highest BCUT2D eigenvalue weighted by molar-refractivity contribution is 14.1. The molecule has 0 saturated heterocycles. The summed E-state index contributed by atoms with van der Waals surface area (Å²) >= 11 is 5.64. The van der Waals surface area contributed by atoms with Crippen LogP contribution in [0.3, 0.4) is 0 Å². The Labute approximate surface area is 104 Å². The third-order valence-corrected chi connectivity index (χ3v) is 4.88. The Balaban J connectivity index is 2.18. The molecule has 2 aromatic heterocycles. The molecule has 14 heavy (non-hydrogen) atoms. The molecule has 2 rings (SSSR count). The molecule has 0 fully saturated rings. The van der Waals surface area contributed by atoms with Gasteiger partial charge in [-0.2, -0.15) is 0 Å². The quantitative estimate of drug-likeness (QED) is 0.791. The van der Waals surface area contributed by atoms with E-state index in [4.69, 9.17) is 0 Å². The molecule has 0 bridgehead atoms. The number of aromatic nitrogens is 3. The van der Waals surface area contributed by atoms with E-state index in [1.165, 1.54) is 4.88 Å². The van der Waals surface area contributed by atoms with Crippen molar-refractivity contribution in [3.8, 4) is 0 Å². The van der Waals surface area contributed by atoms with Gasteiger partial charge in [-0.15, -0.1) is 32.9 Å². The van der Waals surface area contributed by atoms with Crippen molar-refractivity contribution in [1.82, 2.24) is 15.2 Å². The van der Waals surface area contributed by atoms with E-state index in [0.29, 0.717) is 0 Å². The Kier molecular flexibility index (Phi) is 3.13. The fraction of sp³-hybridized carbons (Fsp3) is 0.375. The molecule has 74 valence electrons. The first-order valence-electron chi connectivity index (χ1n) is 4.06. The Morgan fingerprint density at radius 3 is 2.43 bits per heavy atom. The summed E-state index contributed by atoms with van der Waals surface area (Å²) < 4.78 is 1.10. The second kappa shape index (κ2) is 4.19. The third kappa shape index (κ3) is 2.29. The van der Waals surface area contributed by atoms with E-state index in [9.17, 15) is 0 Å². The van der Waals surface area contributed by atoms with Gasteiger partial charge in [0.25, 0.3) is 0 Å². The summed E-state index contributed by atoms with van der Waals surface area (Å²) in [6.45, 7) is 4.06. The third-order valence-electron chi connectivity index (χ3n) is 1.65. The number of aryl methyl sites for hydroxylation is 2. The van der Waals surface area contributed by atoms with E-state index in [1.807, 2.05) is 6.92 Å². The Morgan fingerprint density at radius 1 is 1.14 bits per heavy atom. The topological polar surface area (TPSA) is 38.7 Å². The van der Waals surface area contributed by atoms with Crippen LogP contribution in [0.25, 0.3) is 0 Å². The van der Waals surface area contributed by atoms with Gasteiger partial charge in [0.2, 0.25) is 0 Å². The monoisotopic (exact) mass is 337 g/mol. The number of thiazole rings is 1. The molecule has 2 heterocycles. The van der Waals surface area contributed by atoms with Crippen molar-refractivity contribution < 1.29 is 0 Å². The van der Waals surface area contributed by atoms with Crippen LogP contribution in [0.2, 0.25) is 0 Å². The summed E-state index contributed by atoms with van der Waals surface area (Å²) in [6, 6.07) is 0. The molecular weight excluding hydrogens is 329 g/mol. The van der Waals surface area contributed by atoms with Crippen LogP contribution < -0.4 is 0 Å². The lowest BCUT2D eigenvalue weighted by Gasteiger charge is -1.87. The highest BCUT2D eigenvalue weighted by Crippen LogP contribution is 2.22. The smallest absolute Gasteiger partial charge is 0.124 e. The second-order valence-corrected chi connectivity index (χ2v) is 6.42. The van der Waals surface area contributed by atoms with Gasteiger partial charge >= 0.3 is 0 Å². The van der Waals surface area contributed by atoms with Crippen molar-refractivity contribution in [2.24, 2.45) is 0 Å². The van der Waals surface area contributed by atoms with Crippen LogP contribution in [0.1, 0.15) is 19.9 Å². The highest BCUT2D eigenvalue weighted by Gasteiger charge is 2.08. The van der Waals surface area contributed by atoms with Gasteiger partial charge in [0.15, 0.2) is 0 Å². The summed E-state index contributed by atoms with van der Waals surface area (Å²) in [7, 11) is 0. The average Bonchev–Trinajstić information content (AvgIpc) is 2.62. The van der Waals surface area contributed by atoms with Gasteiger partial charge in [-0.05, 0) is 36.4 Å². The molecule has 0 unspecified atom stereocenters. The Hall–Kier alpha value is -0.0800. The normalized spacial score (nSPS) is 10.8. The number of halogens is 1. The van der Waals surface area contributed by atoms with E-state index in [1.54, 1.807) is 22.7 Å². The standard InChI is InChI=1S/C8H8IN3S2/c1-4-8(9)10-6(13-4)3-7-12-11-5(2)14-7/h3H2,1-2H3. The molecule has 0 saturated carbocycles. The maximum atomic E-state index is 4.46. The van der Waals surface area contributed by atoms with Crippen molar-refractivity contribution >= 4 is 45.3 Å². The number of hydrogen-bond donors (Lipinski definition) is 0. The van der Waals surface area contributed by atoms with E-state index >= 15 is 0 Å². The molecule has 0 aliphatic heterocycles. The zero-order valence-electron chi connectivity index (χ0n) is 7.74. The zero-order valence-corrected chi connectivity index (χ0v) is 11.5. The number of rotatable bonds is 2. The minimum absolute atomic E-state index is 0.819. The Morgan fingerprint density at radius 2 is 1.93 bits per heavy atom. The van der Waals surface area contributed by atoms with Gasteiger partial charge in [0.1, 0.15) is 18.7 Å². The second-order valence-electron chi connectivity index (χ2n) is 2.85. The van der Waals surface area contributed by atoms with Crippen LogP contribution >= 0.6 is 45.3 Å². The molecule has 3 nitrogen and oxygen atoms in total. The van der Waals surface area contributed by atoms with Crippen LogP contribution in [0, 0.1) is 17.5 Å². The molecule has 0 aromatic carbocycles. The zero-order chi connectivity index (χ0) is 10.1. The lowest BCUT2D eigenvalue weighted by atomic mass is 10.5. The van der Waals surface area contributed by atoms with Crippen LogP contribution in [0.4, 0.5) is 0 Å². The lowest BCUT2D eigenvalue weighted by molar-refractivity contribution is 0.973. The Bertz CT molecular complexity index is 430. The highest BCUT2D eigenvalue weighted by atomic mass is 127. The lowest BCUT2D eigenvalue weighted by Crippen LogP contribution is -1.86. The SMILES string of the molecule is Cc1nnc(Cc2nc(I)c(C)s2)s1. The van der Waals surface area contributed by atoms with Crippen molar-refractivity contribution in [2.45, 2.75) is 20.3 Å². The van der Waals surface area contributed by atoms with Crippen molar-refractivity contribution in [3.63, 3.8) is 0 Å². The van der Waals surface area contributed by atoms with Crippen molar-refractivity contribution in [2.75, 3.05) is 0 Å². The maximum Gasteiger partial charge on any atom is 0.124 e. The molecule has 6 heteroatoms. The largest absolute Gasteiger partial charge is 0.235 e. The van der Waals surface area contributed by atoms with Gasteiger partial charge in [-0.25, -0.2) is 4.98 Å². The molecule has 0 radical (unpaired) electrons.